The molecule has 8 rings (SSSR count). The van der Waals surface area contributed by atoms with Crippen molar-refractivity contribution < 1.29 is 48.1 Å². The Morgan fingerprint density at radius 1 is 1.14 bits per heavy atom. The van der Waals surface area contributed by atoms with Crippen LogP contribution < -0.4 is 21.3 Å². The van der Waals surface area contributed by atoms with E-state index in [0.29, 0.717) is 21.9 Å². The maximum Gasteiger partial charge on any atom is 0.352 e. The third-order valence-electron chi connectivity index (χ3n) is 8.83. The van der Waals surface area contributed by atoms with Crippen LogP contribution in [0.2, 0.25) is 0 Å². The van der Waals surface area contributed by atoms with E-state index in [9.17, 15) is 48.0 Å². The van der Waals surface area contributed by atoms with E-state index in [0.717, 1.165) is 40.6 Å². The number of benzene rings is 1. The summed E-state index contributed by atoms with van der Waals surface area (Å²) in [6, 6.07) is 1.85. The third-order valence-corrected chi connectivity index (χ3v) is 13.7. The summed E-state index contributed by atoms with van der Waals surface area (Å²) >= 11 is 3.55. The average molecular weight is 871 g/mol. The van der Waals surface area contributed by atoms with Gasteiger partial charge in [-0.15, -0.1) is 40.0 Å². The van der Waals surface area contributed by atoms with Gasteiger partial charge in [-0.1, -0.05) is 5.16 Å². The second kappa shape index (κ2) is 14.6. The highest BCUT2D eigenvalue weighted by atomic mass is 32.2. The quantitative estimate of drug-likeness (QED) is 0.0344. The number of oxime groups is 1. The molecule has 1 aromatic carbocycles. The Kier molecular flexibility index (Phi) is 9.70. The molecule has 5 aromatic rings. The van der Waals surface area contributed by atoms with E-state index in [1.165, 1.54) is 33.4 Å². The van der Waals surface area contributed by atoms with E-state index in [-0.39, 0.29) is 56.9 Å². The number of phenols is 2. The van der Waals surface area contributed by atoms with E-state index < -0.39 is 73.9 Å². The van der Waals surface area contributed by atoms with Crippen LogP contribution in [0.4, 0.5) is 5.13 Å². The molecule has 1 fully saturated rings. The van der Waals surface area contributed by atoms with E-state index in [2.05, 4.69) is 45.2 Å². The Labute approximate surface area is 336 Å². The number of carbonyl (C=O) groups excluding carboxylic acids is 2. The molecule has 1 unspecified atom stereocenters. The molecular weight excluding hydrogens is 845 g/mol. The molecule has 0 radical (unpaired) electrons. The number of thioether (sulfide) groups is 2. The van der Waals surface area contributed by atoms with Crippen LogP contribution in [0.5, 0.6) is 17.2 Å². The lowest BCUT2D eigenvalue weighted by molar-refractivity contribution is -0.150. The van der Waals surface area contributed by atoms with Crippen molar-refractivity contribution in [2.24, 2.45) is 5.16 Å². The number of carboxylic acid groups (broad SMARTS) is 1. The topological polar surface area (TPSA) is 343 Å². The van der Waals surface area contributed by atoms with Gasteiger partial charge in [0, 0.05) is 17.2 Å². The number of aromatic hydroxyl groups is 3. The van der Waals surface area contributed by atoms with Gasteiger partial charge >= 0.3 is 5.97 Å². The number of amides is 2. The van der Waals surface area contributed by atoms with Gasteiger partial charge in [0.05, 0.1) is 39.2 Å². The lowest BCUT2D eigenvalue weighted by Crippen LogP contribution is -2.71. The number of phenolic OH excluding ortho intramolecular Hbond substituents is 2. The molecule has 1 saturated heterocycles. The summed E-state index contributed by atoms with van der Waals surface area (Å²) in [6.07, 6.45) is 0.912. The molecule has 0 saturated carbocycles. The van der Waals surface area contributed by atoms with E-state index >= 15 is 0 Å². The van der Waals surface area contributed by atoms with Crippen molar-refractivity contribution in [3.63, 3.8) is 0 Å². The number of sulfonamides is 1. The number of fused-ring (bicyclic) bond motifs is 4. The predicted octanol–water partition coefficient (Wildman–Crippen LogP) is -0.343. The van der Waals surface area contributed by atoms with Gasteiger partial charge in [-0.3, -0.25) is 19.3 Å². The molecule has 300 valence electrons. The predicted molar refractivity (Wildman–Crippen MR) is 202 cm³/mol. The van der Waals surface area contributed by atoms with Gasteiger partial charge in [0.1, 0.15) is 28.6 Å². The standard InChI is InChI=1S/C31H26N12O11S4/c1-10-23-22(43-31(35-10)38-17(40-43)6-34-58(52,53)11-2-3-14(44)15(45)4-11)24(57-23)12-8-55-28-20(27(49)42(28)21(12)29(50)51)39-26(48)19(13-9-56-30(32)36-13)41-54-7-18-33-5-16(46)25(47)37-18/h2-5,9,20,24,28,34,44-46H,6-8H2,1H3,(H2,32,36)(H,39,48)(H,50,51)(H,33,37,47)/b41-19-/t20-,24?,28-/m1/s1. The summed E-state index contributed by atoms with van der Waals surface area (Å²) < 4.78 is 29.5. The summed E-state index contributed by atoms with van der Waals surface area (Å²) in [6.45, 7) is 0.941. The number of nitrogens with two attached hydrogens (primary N) is 1. The number of nitrogens with one attached hydrogen (secondary N) is 3. The van der Waals surface area contributed by atoms with E-state index in [4.69, 9.17) is 10.6 Å². The molecule has 0 aliphatic carbocycles. The Hall–Kier alpha value is -6.29. The lowest BCUT2D eigenvalue weighted by Gasteiger charge is -2.50. The van der Waals surface area contributed by atoms with Gasteiger partial charge in [-0.2, -0.15) is 9.50 Å². The van der Waals surface area contributed by atoms with Crippen LogP contribution in [0.1, 0.15) is 34.0 Å². The molecule has 9 N–H and O–H groups in total. The van der Waals surface area contributed by atoms with Crippen molar-refractivity contribution >= 4 is 79.3 Å². The maximum atomic E-state index is 13.7. The Bertz CT molecular complexity index is 2820. The Balaban J connectivity index is 1.01. The summed E-state index contributed by atoms with van der Waals surface area (Å²) in [5.74, 6) is -4.42. The zero-order valence-corrected chi connectivity index (χ0v) is 32.4. The van der Waals surface area contributed by atoms with Crippen LogP contribution in [0.3, 0.4) is 0 Å². The summed E-state index contributed by atoms with van der Waals surface area (Å²) in [4.78, 5) is 77.5. The van der Waals surface area contributed by atoms with Crippen molar-refractivity contribution in [2.45, 2.75) is 46.5 Å². The monoisotopic (exact) mass is 870 g/mol. The van der Waals surface area contributed by atoms with Gasteiger partial charge < -0.3 is 41.3 Å². The van der Waals surface area contributed by atoms with E-state index in [1.807, 2.05) is 0 Å². The molecular formula is C31H26N12O11S4. The number of nitrogen functional groups attached to an aromatic ring is 1. The third kappa shape index (κ3) is 6.80. The van der Waals surface area contributed by atoms with Gasteiger partial charge in [-0.05, 0) is 24.6 Å². The number of hydrogen-bond donors (Lipinski definition) is 8. The molecule has 0 bridgehead atoms. The highest BCUT2D eigenvalue weighted by Crippen LogP contribution is 2.57. The number of aryl methyl sites for hydroxylation is 1. The molecule has 27 heteroatoms. The van der Waals surface area contributed by atoms with Crippen molar-refractivity contribution in [1.82, 2.24) is 49.5 Å². The number of aromatic amines is 1. The fourth-order valence-electron chi connectivity index (χ4n) is 6.09. The van der Waals surface area contributed by atoms with Crippen LogP contribution >= 0.6 is 34.9 Å². The fourth-order valence-corrected chi connectivity index (χ4v) is 10.4. The molecule has 0 spiro atoms. The number of rotatable bonds is 12. The van der Waals surface area contributed by atoms with Gasteiger partial charge in [0.15, 0.2) is 40.5 Å². The number of nitrogens with zero attached hydrogens (tertiary/aromatic N) is 8. The molecule has 3 aliphatic heterocycles. The first kappa shape index (κ1) is 38.6. The average Bonchev–Trinajstić information content (AvgIpc) is 3.78. The minimum Gasteiger partial charge on any atom is -0.504 e. The maximum absolute atomic E-state index is 13.7. The van der Waals surface area contributed by atoms with Crippen LogP contribution in [0.25, 0.3) is 5.78 Å². The van der Waals surface area contributed by atoms with Crippen molar-refractivity contribution in [3.8, 4) is 17.2 Å². The highest BCUT2D eigenvalue weighted by molar-refractivity contribution is 8.02. The Morgan fingerprint density at radius 2 is 1.93 bits per heavy atom. The number of aliphatic carboxylic acids is 1. The first-order chi connectivity index (χ1) is 27.6. The van der Waals surface area contributed by atoms with Gasteiger partial charge in [-0.25, -0.2) is 32.9 Å². The normalized spacial score (nSPS) is 19.0. The molecule has 2 amide bonds. The summed E-state index contributed by atoms with van der Waals surface area (Å²) in [5, 5.41) is 50.2. The Morgan fingerprint density at radius 3 is 2.64 bits per heavy atom. The number of carbonyl (C=O) groups is 3. The number of H-pyrrole nitrogens is 1. The van der Waals surface area contributed by atoms with Crippen LogP contribution in [0.15, 0.2) is 60.8 Å². The first-order valence-corrected chi connectivity index (χ1v) is 20.7. The second-order valence-corrected chi connectivity index (χ2v) is 17.4. The fraction of sp³-hybridized carbons (Fsp3) is 0.226. The van der Waals surface area contributed by atoms with Crippen LogP contribution in [-0.4, -0.2) is 109 Å². The number of anilines is 1. The minimum absolute atomic E-state index is 0.0167. The molecule has 3 aliphatic rings. The number of thiazole rings is 1. The molecule has 3 atom stereocenters. The molecule has 7 heterocycles. The second-order valence-electron chi connectivity index (χ2n) is 12.5. The van der Waals surface area contributed by atoms with Crippen LogP contribution in [0, 0.1) is 6.92 Å². The largest absolute Gasteiger partial charge is 0.504 e. The zero-order valence-electron chi connectivity index (χ0n) is 29.2. The zero-order chi connectivity index (χ0) is 41.2. The highest BCUT2D eigenvalue weighted by Gasteiger charge is 2.56. The van der Waals surface area contributed by atoms with Gasteiger partial charge in [0.2, 0.25) is 10.0 Å². The minimum atomic E-state index is -4.16. The summed E-state index contributed by atoms with van der Waals surface area (Å²) in [5.41, 5.74) is 5.82. The SMILES string of the molecule is Cc1nc2nc(CNS(=O)(=O)c3ccc(O)c(O)c3)nn2c2c1SC2C1=C(C(=O)O)N2C(=O)[C@@H](NC(=O)/C(=N\OCc3ncc(O)c(=O)[nH]3)c3csc(N)n3)[C@H]2SC1. The van der Waals surface area contributed by atoms with Crippen LogP contribution in [-0.2, 0) is 42.4 Å². The number of hydrogen-bond acceptors (Lipinski definition) is 20. The molecule has 23 nitrogen and oxygen atoms in total. The summed E-state index contributed by atoms with van der Waals surface area (Å²) in [7, 11) is -4.16. The van der Waals surface area contributed by atoms with Crippen molar-refractivity contribution in [3.05, 3.63) is 80.1 Å². The smallest absolute Gasteiger partial charge is 0.352 e. The van der Waals surface area contributed by atoms with Crippen molar-refractivity contribution in [1.29, 1.82) is 0 Å². The molecule has 58 heavy (non-hydrogen) atoms. The molecule has 4 aromatic heterocycles. The van der Waals surface area contributed by atoms with Crippen molar-refractivity contribution in [2.75, 3.05) is 11.5 Å². The first-order valence-electron chi connectivity index (χ1n) is 16.5. The lowest BCUT2D eigenvalue weighted by atomic mass is 9.99. The number of carboxylic acids is 1. The number of aromatic nitrogens is 7. The van der Waals surface area contributed by atoms with Gasteiger partial charge in [0.25, 0.3) is 23.2 Å². The number of β-lactam (4-membered cyclic amide) rings is 1. The van der Waals surface area contributed by atoms with E-state index in [1.54, 1.807) is 6.92 Å².